The molecular weight excluding hydrogens is 400 g/mol. The van der Waals surface area contributed by atoms with Gasteiger partial charge in [-0.15, -0.1) is 11.3 Å². The van der Waals surface area contributed by atoms with Gasteiger partial charge in [0.2, 0.25) is 5.91 Å². The maximum atomic E-state index is 12.5. The van der Waals surface area contributed by atoms with Crippen LogP contribution in [-0.4, -0.2) is 38.3 Å². The zero-order valence-corrected chi connectivity index (χ0v) is 15.4. The normalized spacial score (nSPS) is 17.9. The first-order chi connectivity index (χ1) is 9.86. The lowest BCUT2D eigenvalue weighted by molar-refractivity contribution is -0.126. The van der Waals surface area contributed by atoms with Gasteiger partial charge in [0.1, 0.15) is 4.21 Å². The number of piperidine rings is 1. The fourth-order valence-electron chi connectivity index (χ4n) is 2.26. The van der Waals surface area contributed by atoms with Crippen LogP contribution in [0.15, 0.2) is 14.1 Å². The van der Waals surface area contributed by atoms with E-state index in [1.54, 1.807) is 0 Å². The first-order valence-corrected chi connectivity index (χ1v) is 10.0. The van der Waals surface area contributed by atoms with Gasteiger partial charge in [0.25, 0.3) is 10.0 Å². The van der Waals surface area contributed by atoms with Crippen molar-refractivity contribution >= 4 is 54.8 Å². The molecule has 1 aromatic heterocycles. The number of halogens is 2. The van der Waals surface area contributed by atoms with Crippen LogP contribution in [0, 0.1) is 5.92 Å². The van der Waals surface area contributed by atoms with E-state index in [1.165, 1.54) is 10.4 Å². The minimum Gasteiger partial charge on any atom is -0.356 e. The Kier molecular flexibility index (Phi) is 5.70. The molecule has 1 aromatic rings. The van der Waals surface area contributed by atoms with Crippen LogP contribution in [0.3, 0.4) is 0 Å². The molecule has 118 valence electrons. The van der Waals surface area contributed by atoms with Crippen molar-refractivity contribution in [1.29, 1.82) is 0 Å². The van der Waals surface area contributed by atoms with E-state index in [9.17, 15) is 13.2 Å². The summed E-state index contributed by atoms with van der Waals surface area (Å²) in [5.74, 6) is -0.0912. The van der Waals surface area contributed by atoms with Crippen LogP contribution in [0.4, 0.5) is 0 Å². The number of sulfonamides is 1. The lowest BCUT2D eigenvalue weighted by Gasteiger charge is -2.30. The molecule has 0 unspecified atom stereocenters. The monoisotopic (exact) mass is 414 g/mol. The summed E-state index contributed by atoms with van der Waals surface area (Å²) in [6.45, 7) is 3.18. The van der Waals surface area contributed by atoms with Crippen LogP contribution < -0.4 is 5.32 Å². The predicted molar refractivity (Wildman–Crippen MR) is 87.2 cm³/mol. The molecule has 0 spiro atoms. The zero-order valence-electron chi connectivity index (χ0n) is 11.4. The van der Waals surface area contributed by atoms with Crippen molar-refractivity contribution in [3.8, 4) is 0 Å². The lowest BCUT2D eigenvalue weighted by Crippen LogP contribution is -2.42. The average molecular weight is 416 g/mol. The number of carbonyl (C=O) groups is 1. The van der Waals surface area contributed by atoms with Crippen molar-refractivity contribution in [3.63, 3.8) is 0 Å². The van der Waals surface area contributed by atoms with Gasteiger partial charge < -0.3 is 5.32 Å². The number of hydrogen-bond acceptors (Lipinski definition) is 4. The molecule has 1 amide bonds. The number of carbonyl (C=O) groups excluding carboxylic acids is 1. The summed E-state index contributed by atoms with van der Waals surface area (Å²) in [4.78, 5) is 11.8. The maximum Gasteiger partial charge on any atom is 0.252 e. The standard InChI is InChI=1S/C12H16BrClN2O3S2/c1-2-15-12(17)8-3-5-16(6-4-8)21(18,19)10-7-9(14)11(13)20-10/h7-8H,2-6H2,1H3,(H,15,17). The van der Waals surface area contributed by atoms with Crippen molar-refractivity contribution in [1.82, 2.24) is 9.62 Å². The van der Waals surface area contributed by atoms with Crippen molar-refractivity contribution in [2.24, 2.45) is 5.92 Å². The highest BCUT2D eigenvalue weighted by molar-refractivity contribution is 9.11. The molecule has 1 aliphatic heterocycles. The molecule has 0 atom stereocenters. The van der Waals surface area contributed by atoms with E-state index in [-0.39, 0.29) is 16.0 Å². The van der Waals surface area contributed by atoms with Gasteiger partial charge in [0.05, 0.1) is 8.81 Å². The molecule has 0 bridgehead atoms. The van der Waals surface area contributed by atoms with Crippen LogP contribution >= 0.6 is 38.9 Å². The molecule has 0 aliphatic carbocycles. The lowest BCUT2D eigenvalue weighted by atomic mass is 9.97. The molecule has 0 saturated carbocycles. The fourth-order valence-corrected chi connectivity index (χ4v) is 6.28. The van der Waals surface area contributed by atoms with E-state index < -0.39 is 10.0 Å². The molecule has 5 nitrogen and oxygen atoms in total. The number of amides is 1. The maximum absolute atomic E-state index is 12.5. The molecule has 1 aliphatic rings. The van der Waals surface area contributed by atoms with Gasteiger partial charge in [0.15, 0.2) is 0 Å². The SMILES string of the molecule is CCNC(=O)C1CCN(S(=O)(=O)c2cc(Cl)c(Br)s2)CC1. The van der Waals surface area contributed by atoms with E-state index >= 15 is 0 Å². The smallest absolute Gasteiger partial charge is 0.252 e. The molecule has 2 rings (SSSR count). The number of thiophene rings is 1. The van der Waals surface area contributed by atoms with Crippen LogP contribution in [0.2, 0.25) is 5.02 Å². The quantitative estimate of drug-likeness (QED) is 0.822. The molecule has 2 heterocycles. The number of rotatable bonds is 4. The Morgan fingerprint density at radius 1 is 1.52 bits per heavy atom. The minimum absolute atomic E-state index is 0.0106. The molecular formula is C12H16BrClN2O3S2. The molecule has 9 heteroatoms. The van der Waals surface area contributed by atoms with Crippen LogP contribution in [-0.2, 0) is 14.8 Å². The highest BCUT2D eigenvalue weighted by atomic mass is 79.9. The topological polar surface area (TPSA) is 66.5 Å². The third-order valence-corrected chi connectivity index (χ3v) is 8.21. The van der Waals surface area contributed by atoms with E-state index in [4.69, 9.17) is 11.6 Å². The molecule has 0 radical (unpaired) electrons. The summed E-state index contributed by atoms with van der Waals surface area (Å²) in [5.41, 5.74) is 0. The summed E-state index contributed by atoms with van der Waals surface area (Å²) in [6, 6.07) is 1.46. The van der Waals surface area contributed by atoms with Gasteiger partial charge in [-0.3, -0.25) is 4.79 Å². The molecule has 21 heavy (non-hydrogen) atoms. The Morgan fingerprint density at radius 2 is 2.14 bits per heavy atom. The fraction of sp³-hybridized carbons (Fsp3) is 0.583. The summed E-state index contributed by atoms with van der Waals surface area (Å²) in [7, 11) is -3.52. The first kappa shape index (κ1) is 17.2. The third kappa shape index (κ3) is 3.79. The largest absolute Gasteiger partial charge is 0.356 e. The predicted octanol–water partition coefficient (Wildman–Crippen LogP) is 2.70. The van der Waals surface area contributed by atoms with E-state index in [0.29, 0.717) is 41.3 Å². The van der Waals surface area contributed by atoms with Crippen molar-refractivity contribution in [2.75, 3.05) is 19.6 Å². The zero-order chi connectivity index (χ0) is 15.6. The van der Waals surface area contributed by atoms with Crippen LogP contribution in [0.1, 0.15) is 19.8 Å². The summed E-state index contributed by atoms with van der Waals surface area (Å²) in [5, 5.41) is 3.18. The summed E-state index contributed by atoms with van der Waals surface area (Å²) < 4.78 is 27.3. The Hall–Kier alpha value is -0.150. The second-order valence-electron chi connectivity index (χ2n) is 4.76. The van der Waals surface area contributed by atoms with Crippen molar-refractivity contribution < 1.29 is 13.2 Å². The Balaban J connectivity index is 2.06. The number of nitrogens with one attached hydrogen (secondary N) is 1. The highest BCUT2D eigenvalue weighted by Gasteiger charge is 2.33. The first-order valence-electron chi connectivity index (χ1n) is 6.59. The Labute approximate surface area is 141 Å². The van der Waals surface area contributed by atoms with Crippen LogP contribution in [0.25, 0.3) is 0 Å². The molecule has 1 fully saturated rings. The van der Waals surface area contributed by atoms with Gasteiger partial charge in [-0.1, -0.05) is 11.6 Å². The van der Waals surface area contributed by atoms with Gasteiger partial charge in [-0.2, -0.15) is 4.31 Å². The average Bonchev–Trinajstić information content (AvgIpc) is 2.80. The number of nitrogens with zero attached hydrogens (tertiary/aromatic N) is 1. The van der Waals surface area contributed by atoms with E-state index in [1.807, 2.05) is 6.92 Å². The summed E-state index contributed by atoms with van der Waals surface area (Å²) in [6.07, 6.45) is 1.09. The van der Waals surface area contributed by atoms with Crippen molar-refractivity contribution in [3.05, 3.63) is 14.9 Å². The molecule has 0 aromatic carbocycles. The third-order valence-electron chi connectivity index (χ3n) is 3.39. The van der Waals surface area contributed by atoms with E-state index in [0.717, 1.165) is 11.3 Å². The molecule has 1 saturated heterocycles. The van der Waals surface area contributed by atoms with Gasteiger partial charge in [0, 0.05) is 25.6 Å². The highest BCUT2D eigenvalue weighted by Crippen LogP contribution is 2.36. The second-order valence-corrected chi connectivity index (χ2v) is 9.70. The molecule has 1 N–H and O–H groups in total. The Morgan fingerprint density at radius 3 is 2.62 bits per heavy atom. The van der Waals surface area contributed by atoms with Crippen molar-refractivity contribution in [2.45, 2.75) is 24.0 Å². The van der Waals surface area contributed by atoms with Gasteiger partial charge in [-0.25, -0.2) is 8.42 Å². The summed E-state index contributed by atoms with van der Waals surface area (Å²) >= 11 is 10.2. The van der Waals surface area contributed by atoms with E-state index in [2.05, 4.69) is 21.2 Å². The minimum atomic E-state index is -3.52. The van der Waals surface area contributed by atoms with Gasteiger partial charge >= 0.3 is 0 Å². The number of hydrogen-bond donors (Lipinski definition) is 1. The second kappa shape index (κ2) is 6.95. The van der Waals surface area contributed by atoms with Gasteiger partial charge in [-0.05, 0) is 41.8 Å². The van der Waals surface area contributed by atoms with Crippen LogP contribution in [0.5, 0.6) is 0 Å². The Bertz CT molecular complexity index is 605.